The monoisotopic (exact) mass is 436 g/mol. The topological polar surface area (TPSA) is 35.5 Å². The first-order valence-electron chi connectivity index (χ1n) is 10.9. The Bertz CT molecular complexity index is 831. The molecule has 0 amide bonds. The van der Waals surface area contributed by atoms with Gasteiger partial charge in [0.15, 0.2) is 0 Å². The molecule has 0 fully saturated rings. The number of terminal acetylenes is 1. The average Bonchev–Trinajstić information content (AvgIpc) is 2.69. The van der Waals surface area contributed by atoms with Crippen molar-refractivity contribution in [3.8, 4) is 12.3 Å². The van der Waals surface area contributed by atoms with Gasteiger partial charge in [-0.25, -0.2) is 0 Å². The van der Waals surface area contributed by atoms with E-state index in [0.29, 0.717) is 13.0 Å². The van der Waals surface area contributed by atoms with Crippen molar-refractivity contribution in [3.63, 3.8) is 0 Å². The number of rotatable bonds is 8. The smallest absolute Gasteiger partial charge is 0.307 e. The van der Waals surface area contributed by atoms with Crippen molar-refractivity contribution in [1.29, 1.82) is 0 Å². The van der Waals surface area contributed by atoms with Gasteiger partial charge >= 0.3 is 5.97 Å². The fraction of sp³-hybridized carbons (Fsp3) is 0.444. The molecule has 0 saturated heterocycles. The molecular weight excluding hydrogens is 400 g/mol. The molecule has 1 atom stereocenters. The van der Waals surface area contributed by atoms with Crippen LogP contribution < -0.4 is 10.4 Å². The van der Waals surface area contributed by atoms with Crippen molar-refractivity contribution >= 4 is 24.7 Å². The molecular formula is C27H36O3Si. The van der Waals surface area contributed by atoms with Crippen molar-refractivity contribution < 1.29 is 14.0 Å². The second-order valence-corrected chi connectivity index (χ2v) is 14.3. The molecule has 2 rings (SSSR count). The maximum atomic E-state index is 12.2. The largest absolute Gasteiger partial charge is 0.460 e. The van der Waals surface area contributed by atoms with Crippen LogP contribution in [0.3, 0.4) is 0 Å². The molecule has 2 aromatic carbocycles. The van der Waals surface area contributed by atoms with Crippen molar-refractivity contribution in [3.05, 3.63) is 60.7 Å². The van der Waals surface area contributed by atoms with Crippen molar-refractivity contribution in [1.82, 2.24) is 0 Å². The highest BCUT2D eigenvalue weighted by atomic mass is 28.4. The lowest BCUT2D eigenvalue weighted by atomic mass is 10.0. The predicted octanol–water partition coefficient (Wildman–Crippen LogP) is 4.93. The normalized spacial score (nSPS) is 13.3. The minimum atomic E-state index is -2.59. The molecule has 0 radical (unpaired) electrons. The zero-order valence-electron chi connectivity index (χ0n) is 19.8. The fourth-order valence-corrected chi connectivity index (χ4v) is 8.52. The van der Waals surface area contributed by atoms with Gasteiger partial charge in [0, 0.05) is 12.5 Å². The number of esters is 1. The molecule has 0 aliphatic carbocycles. The van der Waals surface area contributed by atoms with Crippen LogP contribution in [-0.4, -0.2) is 26.5 Å². The number of benzene rings is 2. The third-order valence-corrected chi connectivity index (χ3v) is 10.3. The van der Waals surface area contributed by atoms with Crippen LogP contribution in [0.1, 0.15) is 54.4 Å². The summed E-state index contributed by atoms with van der Waals surface area (Å²) in [5, 5.41) is 2.38. The van der Waals surface area contributed by atoms with Crippen LogP contribution in [0.25, 0.3) is 0 Å². The van der Waals surface area contributed by atoms with E-state index in [1.807, 2.05) is 32.9 Å². The van der Waals surface area contributed by atoms with E-state index in [4.69, 9.17) is 15.6 Å². The number of ether oxygens (including phenoxy) is 1. The molecule has 166 valence electrons. The number of hydrogen-bond donors (Lipinski definition) is 0. The summed E-state index contributed by atoms with van der Waals surface area (Å²) in [6, 6.07) is 21.0. The van der Waals surface area contributed by atoms with E-state index in [-0.39, 0.29) is 23.3 Å². The van der Waals surface area contributed by atoms with E-state index in [2.05, 4.69) is 75.2 Å². The summed E-state index contributed by atoms with van der Waals surface area (Å²) in [6.45, 7) is 12.8. The molecule has 1 unspecified atom stereocenters. The van der Waals surface area contributed by atoms with Crippen LogP contribution in [0, 0.1) is 18.3 Å². The van der Waals surface area contributed by atoms with E-state index in [9.17, 15) is 4.79 Å². The molecule has 31 heavy (non-hydrogen) atoms. The molecule has 0 aliphatic heterocycles. The first kappa shape index (κ1) is 24.9. The van der Waals surface area contributed by atoms with E-state index in [0.717, 1.165) is 0 Å². The van der Waals surface area contributed by atoms with Gasteiger partial charge in [0.05, 0.1) is 6.42 Å². The van der Waals surface area contributed by atoms with Gasteiger partial charge < -0.3 is 9.16 Å². The highest BCUT2D eigenvalue weighted by Crippen LogP contribution is 2.37. The molecule has 0 saturated carbocycles. The van der Waals surface area contributed by atoms with Crippen LogP contribution in [0.4, 0.5) is 0 Å². The lowest BCUT2D eigenvalue weighted by Crippen LogP contribution is -2.66. The second-order valence-electron chi connectivity index (χ2n) is 9.95. The number of carbonyl (C=O) groups excluding carboxylic acids is 1. The van der Waals surface area contributed by atoms with E-state index >= 15 is 0 Å². The lowest BCUT2D eigenvalue weighted by Gasteiger charge is -2.43. The molecule has 0 bridgehead atoms. The third kappa shape index (κ3) is 6.56. The Morgan fingerprint density at radius 3 is 1.81 bits per heavy atom. The first-order chi connectivity index (χ1) is 14.5. The molecule has 0 N–H and O–H groups in total. The number of hydrogen-bond acceptors (Lipinski definition) is 3. The van der Waals surface area contributed by atoms with Gasteiger partial charge in [-0.05, 0) is 42.6 Å². The molecule has 0 aromatic heterocycles. The summed E-state index contributed by atoms with van der Waals surface area (Å²) in [4.78, 5) is 12.2. The Morgan fingerprint density at radius 2 is 1.42 bits per heavy atom. The molecule has 0 spiro atoms. The van der Waals surface area contributed by atoms with Crippen LogP contribution in [-0.2, 0) is 14.0 Å². The predicted molar refractivity (Wildman–Crippen MR) is 131 cm³/mol. The van der Waals surface area contributed by atoms with Crippen molar-refractivity contribution in [2.24, 2.45) is 5.92 Å². The Kier molecular flexibility index (Phi) is 8.28. The third-order valence-electron chi connectivity index (χ3n) is 5.27. The molecule has 4 heteroatoms. The highest BCUT2D eigenvalue weighted by molar-refractivity contribution is 6.99. The average molecular weight is 437 g/mol. The zero-order valence-corrected chi connectivity index (χ0v) is 20.8. The maximum absolute atomic E-state index is 12.2. The van der Waals surface area contributed by atoms with Gasteiger partial charge in [-0.2, -0.15) is 0 Å². The van der Waals surface area contributed by atoms with E-state index in [1.54, 1.807) is 0 Å². The van der Waals surface area contributed by atoms with Gasteiger partial charge in [-0.15, -0.1) is 12.3 Å². The molecule has 2 aromatic rings. The minimum Gasteiger partial charge on any atom is -0.460 e. The van der Waals surface area contributed by atoms with Gasteiger partial charge in [-0.3, -0.25) is 4.79 Å². The minimum absolute atomic E-state index is 0.0908. The number of carbonyl (C=O) groups is 1. The Morgan fingerprint density at radius 1 is 0.935 bits per heavy atom. The fourth-order valence-electron chi connectivity index (χ4n) is 3.94. The van der Waals surface area contributed by atoms with Crippen LogP contribution in [0.2, 0.25) is 5.04 Å². The van der Waals surface area contributed by atoms with Crippen LogP contribution >= 0.6 is 0 Å². The van der Waals surface area contributed by atoms with E-state index < -0.39 is 13.9 Å². The second kappa shape index (κ2) is 10.3. The van der Waals surface area contributed by atoms with E-state index in [1.165, 1.54) is 10.4 Å². The van der Waals surface area contributed by atoms with Gasteiger partial charge in [-0.1, -0.05) is 81.4 Å². The standard InChI is InChI=1S/C27H36O3Si/c1-8-22(21-25(28)30-26(2,3)4)19-20-29-31(27(5,6)7,23-15-11-9-12-16-23)24-17-13-10-14-18-24/h1,9-18,22H,19-21H2,2-7H3. The Labute approximate surface area is 189 Å². The van der Waals surface area contributed by atoms with Crippen LogP contribution in [0.5, 0.6) is 0 Å². The summed E-state index contributed by atoms with van der Waals surface area (Å²) >= 11 is 0. The molecule has 0 aliphatic rings. The zero-order chi connectivity index (χ0) is 23.1. The SMILES string of the molecule is C#CC(CCO[Si](c1ccccc1)(c1ccccc1)C(C)(C)C)CC(=O)OC(C)(C)C. The summed E-state index contributed by atoms with van der Waals surface area (Å²) in [6.07, 6.45) is 6.56. The van der Waals surface area contributed by atoms with Crippen LogP contribution in [0.15, 0.2) is 60.7 Å². The van der Waals surface area contributed by atoms with Crippen molar-refractivity contribution in [2.75, 3.05) is 6.61 Å². The lowest BCUT2D eigenvalue weighted by molar-refractivity contribution is -0.155. The van der Waals surface area contributed by atoms with Gasteiger partial charge in [0.2, 0.25) is 0 Å². The summed E-state index contributed by atoms with van der Waals surface area (Å²) in [5.74, 6) is 2.28. The Balaban J connectivity index is 2.27. The first-order valence-corrected chi connectivity index (χ1v) is 12.8. The maximum Gasteiger partial charge on any atom is 0.307 e. The quantitative estimate of drug-likeness (QED) is 0.334. The van der Waals surface area contributed by atoms with Gasteiger partial charge in [0.25, 0.3) is 8.32 Å². The highest BCUT2D eigenvalue weighted by Gasteiger charge is 2.50. The molecule has 3 nitrogen and oxygen atoms in total. The Hall–Kier alpha value is -2.35. The summed E-state index contributed by atoms with van der Waals surface area (Å²) in [7, 11) is -2.59. The summed E-state index contributed by atoms with van der Waals surface area (Å²) < 4.78 is 12.3. The summed E-state index contributed by atoms with van der Waals surface area (Å²) in [5.41, 5.74) is -0.512. The van der Waals surface area contributed by atoms with Gasteiger partial charge in [0.1, 0.15) is 5.60 Å². The molecule has 0 heterocycles. The van der Waals surface area contributed by atoms with Crippen molar-refractivity contribution in [2.45, 2.75) is 65.0 Å².